The Bertz CT molecular complexity index is 493. The molecule has 1 aliphatic rings. The fourth-order valence-electron chi connectivity index (χ4n) is 2.65. The third-order valence-corrected chi connectivity index (χ3v) is 3.82. The predicted molar refractivity (Wildman–Crippen MR) is 85.9 cm³/mol. The van der Waals surface area contributed by atoms with Gasteiger partial charge in [0.25, 0.3) is 0 Å². The number of nitrogens with one attached hydrogen (secondary N) is 2. The van der Waals surface area contributed by atoms with E-state index < -0.39 is 0 Å². The Kier molecular flexibility index (Phi) is 6.25. The molecule has 0 aromatic heterocycles. The van der Waals surface area contributed by atoms with E-state index >= 15 is 0 Å². The van der Waals surface area contributed by atoms with E-state index in [1.165, 1.54) is 19.3 Å². The van der Waals surface area contributed by atoms with Crippen LogP contribution in [-0.2, 0) is 9.53 Å². The number of anilines is 1. The summed E-state index contributed by atoms with van der Waals surface area (Å²) in [4.78, 5) is 23.4. The molecule has 0 atom stereocenters. The first-order valence-corrected chi connectivity index (χ1v) is 7.99. The van der Waals surface area contributed by atoms with Gasteiger partial charge in [-0.15, -0.1) is 0 Å². The molecule has 5 heteroatoms. The Balaban J connectivity index is 1.76. The number of hydrogen-bond acceptors (Lipinski definition) is 4. The highest BCUT2D eigenvalue weighted by Gasteiger charge is 2.15. The Morgan fingerprint density at radius 1 is 1.14 bits per heavy atom. The van der Waals surface area contributed by atoms with Crippen molar-refractivity contribution in [1.29, 1.82) is 0 Å². The van der Waals surface area contributed by atoms with Crippen LogP contribution in [0.15, 0.2) is 24.3 Å². The Labute approximate surface area is 131 Å². The number of amides is 1. The van der Waals surface area contributed by atoms with Gasteiger partial charge >= 0.3 is 5.97 Å². The maximum Gasteiger partial charge on any atom is 0.338 e. The van der Waals surface area contributed by atoms with Crippen molar-refractivity contribution in [2.75, 3.05) is 18.5 Å². The van der Waals surface area contributed by atoms with E-state index in [-0.39, 0.29) is 18.4 Å². The van der Waals surface area contributed by atoms with E-state index in [0.29, 0.717) is 18.2 Å². The van der Waals surface area contributed by atoms with Crippen LogP contribution in [0.1, 0.15) is 49.4 Å². The molecule has 0 radical (unpaired) electrons. The minimum absolute atomic E-state index is 0.0152. The van der Waals surface area contributed by atoms with Crippen LogP contribution in [0, 0.1) is 0 Å². The lowest BCUT2D eigenvalue weighted by Gasteiger charge is -2.22. The molecule has 0 aliphatic heterocycles. The number of ether oxygens (including phenoxy) is 1. The summed E-state index contributed by atoms with van der Waals surface area (Å²) in [6, 6.07) is 7.27. The molecule has 5 nitrogen and oxygen atoms in total. The third kappa shape index (κ3) is 5.06. The van der Waals surface area contributed by atoms with Crippen LogP contribution in [0.2, 0.25) is 0 Å². The summed E-state index contributed by atoms with van der Waals surface area (Å²) in [5.41, 5.74) is 1.32. The molecule has 2 rings (SSSR count). The standard InChI is InChI=1S/C17H24N2O3/c1-2-22-17(21)13-8-10-14(11-9-13)18-12-16(20)19-15-6-4-3-5-7-15/h8-11,15,18H,2-7,12H2,1H3,(H,19,20). The van der Waals surface area contributed by atoms with Crippen LogP contribution < -0.4 is 10.6 Å². The van der Waals surface area contributed by atoms with E-state index in [0.717, 1.165) is 18.5 Å². The zero-order chi connectivity index (χ0) is 15.8. The molecule has 0 heterocycles. The van der Waals surface area contributed by atoms with Gasteiger partial charge in [0, 0.05) is 11.7 Å². The lowest BCUT2D eigenvalue weighted by Crippen LogP contribution is -2.39. The largest absolute Gasteiger partial charge is 0.462 e. The minimum atomic E-state index is -0.330. The average molecular weight is 304 g/mol. The van der Waals surface area contributed by atoms with Gasteiger partial charge in [0.2, 0.25) is 5.91 Å². The summed E-state index contributed by atoms with van der Waals surface area (Å²) in [7, 11) is 0. The van der Waals surface area contributed by atoms with Gasteiger partial charge in [-0.05, 0) is 44.0 Å². The fourth-order valence-corrected chi connectivity index (χ4v) is 2.65. The summed E-state index contributed by atoms with van der Waals surface area (Å²) < 4.78 is 4.93. The van der Waals surface area contributed by atoms with E-state index in [2.05, 4.69) is 10.6 Å². The number of carbonyl (C=O) groups excluding carboxylic acids is 2. The SMILES string of the molecule is CCOC(=O)c1ccc(NCC(=O)NC2CCCCC2)cc1. The van der Waals surface area contributed by atoms with Crippen molar-refractivity contribution in [3.05, 3.63) is 29.8 Å². The first kappa shape index (κ1) is 16.3. The smallest absolute Gasteiger partial charge is 0.338 e. The molecule has 0 bridgehead atoms. The first-order valence-electron chi connectivity index (χ1n) is 7.99. The Morgan fingerprint density at radius 3 is 2.45 bits per heavy atom. The van der Waals surface area contributed by atoms with Gasteiger partial charge in [0.05, 0.1) is 18.7 Å². The van der Waals surface area contributed by atoms with E-state index in [1.54, 1.807) is 31.2 Å². The van der Waals surface area contributed by atoms with Crippen molar-refractivity contribution in [2.24, 2.45) is 0 Å². The second kappa shape index (κ2) is 8.41. The highest BCUT2D eigenvalue weighted by Crippen LogP contribution is 2.17. The van der Waals surface area contributed by atoms with Gasteiger partial charge < -0.3 is 15.4 Å². The number of benzene rings is 1. The van der Waals surface area contributed by atoms with Gasteiger partial charge in [-0.3, -0.25) is 4.79 Å². The molecule has 0 saturated heterocycles. The molecule has 1 aromatic carbocycles. The van der Waals surface area contributed by atoms with E-state index in [4.69, 9.17) is 4.74 Å². The van der Waals surface area contributed by atoms with Crippen molar-refractivity contribution >= 4 is 17.6 Å². The molecule has 1 aromatic rings. The molecule has 1 fully saturated rings. The molecule has 0 unspecified atom stereocenters. The molecule has 0 spiro atoms. The van der Waals surface area contributed by atoms with Crippen molar-refractivity contribution in [3.63, 3.8) is 0 Å². The van der Waals surface area contributed by atoms with Crippen molar-refractivity contribution in [3.8, 4) is 0 Å². The van der Waals surface area contributed by atoms with E-state index in [9.17, 15) is 9.59 Å². The summed E-state index contributed by atoms with van der Waals surface area (Å²) in [5.74, 6) is -0.314. The molecule has 2 N–H and O–H groups in total. The predicted octanol–water partition coefficient (Wildman–Crippen LogP) is 2.72. The molecule has 1 amide bonds. The van der Waals surface area contributed by atoms with E-state index in [1.807, 2.05) is 0 Å². The number of rotatable bonds is 6. The molecule has 120 valence electrons. The second-order valence-corrected chi connectivity index (χ2v) is 5.55. The van der Waals surface area contributed by atoms with Gasteiger partial charge in [0.15, 0.2) is 0 Å². The lowest BCUT2D eigenvalue weighted by atomic mass is 9.95. The Hall–Kier alpha value is -2.04. The molecule has 1 aliphatic carbocycles. The quantitative estimate of drug-likeness (QED) is 0.793. The van der Waals surface area contributed by atoms with Crippen molar-refractivity contribution in [1.82, 2.24) is 5.32 Å². The van der Waals surface area contributed by atoms with Gasteiger partial charge in [-0.2, -0.15) is 0 Å². The molecule has 1 saturated carbocycles. The summed E-state index contributed by atoms with van der Waals surface area (Å²) in [6.07, 6.45) is 5.85. The second-order valence-electron chi connectivity index (χ2n) is 5.55. The first-order chi connectivity index (χ1) is 10.7. The maximum atomic E-state index is 11.9. The number of carbonyl (C=O) groups is 2. The van der Waals surface area contributed by atoms with Crippen LogP contribution in [0.4, 0.5) is 5.69 Å². The zero-order valence-corrected chi connectivity index (χ0v) is 13.1. The number of esters is 1. The van der Waals surface area contributed by atoms with Gasteiger partial charge in [0.1, 0.15) is 0 Å². The minimum Gasteiger partial charge on any atom is -0.462 e. The van der Waals surface area contributed by atoms with Gasteiger partial charge in [-0.1, -0.05) is 19.3 Å². The number of hydrogen-bond donors (Lipinski definition) is 2. The maximum absolute atomic E-state index is 11.9. The topological polar surface area (TPSA) is 67.4 Å². The normalized spacial score (nSPS) is 15.1. The highest BCUT2D eigenvalue weighted by atomic mass is 16.5. The lowest BCUT2D eigenvalue weighted by molar-refractivity contribution is -0.120. The van der Waals surface area contributed by atoms with Crippen molar-refractivity contribution < 1.29 is 14.3 Å². The third-order valence-electron chi connectivity index (χ3n) is 3.82. The Morgan fingerprint density at radius 2 is 1.82 bits per heavy atom. The fraction of sp³-hybridized carbons (Fsp3) is 0.529. The van der Waals surface area contributed by atoms with Crippen LogP contribution in [0.5, 0.6) is 0 Å². The molecule has 22 heavy (non-hydrogen) atoms. The monoisotopic (exact) mass is 304 g/mol. The average Bonchev–Trinajstić information content (AvgIpc) is 2.54. The molecular formula is C17H24N2O3. The van der Waals surface area contributed by atoms with Crippen LogP contribution in [0.3, 0.4) is 0 Å². The van der Waals surface area contributed by atoms with Gasteiger partial charge in [-0.25, -0.2) is 4.79 Å². The van der Waals surface area contributed by atoms with Crippen LogP contribution in [-0.4, -0.2) is 31.1 Å². The molecular weight excluding hydrogens is 280 g/mol. The summed E-state index contributed by atoms with van der Waals surface area (Å²) in [6.45, 7) is 2.38. The zero-order valence-electron chi connectivity index (χ0n) is 13.1. The highest BCUT2D eigenvalue weighted by molar-refractivity contribution is 5.90. The summed E-state index contributed by atoms with van der Waals surface area (Å²) >= 11 is 0. The van der Waals surface area contributed by atoms with Crippen molar-refractivity contribution in [2.45, 2.75) is 45.1 Å². The van der Waals surface area contributed by atoms with Crippen LogP contribution in [0.25, 0.3) is 0 Å². The van der Waals surface area contributed by atoms with Crippen LogP contribution >= 0.6 is 0 Å². The summed E-state index contributed by atoms with van der Waals surface area (Å²) in [5, 5.41) is 6.13.